The zero-order chi connectivity index (χ0) is 17.8. The number of nitrogens with zero attached hydrogens (tertiary/aromatic N) is 3. The number of rotatable bonds is 5. The van der Waals surface area contributed by atoms with Gasteiger partial charge in [-0.1, -0.05) is 37.1 Å². The van der Waals surface area contributed by atoms with Crippen LogP contribution in [0.2, 0.25) is 0 Å². The molecule has 0 radical (unpaired) electrons. The number of aryl methyl sites for hydroxylation is 2. The predicted octanol–water partition coefficient (Wildman–Crippen LogP) is 4.37. The number of hydrogen-bond donors (Lipinski definition) is 0. The highest BCUT2D eigenvalue weighted by molar-refractivity contribution is 7.99. The molecule has 25 heavy (non-hydrogen) atoms. The first kappa shape index (κ1) is 18.1. The first-order chi connectivity index (χ1) is 12.1. The lowest BCUT2D eigenvalue weighted by Crippen LogP contribution is -2.39. The Kier molecular flexibility index (Phi) is 5.84. The van der Waals surface area contributed by atoms with Gasteiger partial charge in [-0.15, -0.1) is 0 Å². The maximum Gasteiger partial charge on any atom is 0.233 e. The lowest BCUT2D eigenvalue weighted by molar-refractivity contribution is -0.129. The molecule has 1 aromatic carbocycles. The van der Waals surface area contributed by atoms with E-state index in [0.717, 1.165) is 23.7 Å². The Bertz CT molecular complexity index is 734. The van der Waals surface area contributed by atoms with Gasteiger partial charge in [0.1, 0.15) is 0 Å². The first-order valence-electron chi connectivity index (χ1n) is 9.05. The van der Waals surface area contributed by atoms with Crippen molar-refractivity contribution in [1.29, 1.82) is 0 Å². The summed E-state index contributed by atoms with van der Waals surface area (Å²) in [5.41, 5.74) is 3.63. The van der Waals surface area contributed by atoms with Crippen LogP contribution in [0.25, 0.3) is 5.69 Å². The second-order valence-electron chi connectivity index (χ2n) is 6.93. The topological polar surface area (TPSA) is 38.1 Å². The zero-order valence-electron chi connectivity index (χ0n) is 15.4. The Morgan fingerprint density at radius 2 is 2.00 bits per heavy atom. The lowest BCUT2D eigenvalue weighted by atomic mass is 9.94. The van der Waals surface area contributed by atoms with E-state index in [1.165, 1.54) is 42.2 Å². The normalized spacial score (nSPS) is 15.3. The third-order valence-electron chi connectivity index (χ3n) is 5.22. The average molecular weight is 358 g/mol. The van der Waals surface area contributed by atoms with Crippen molar-refractivity contribution in [2.24, 2.45) is 0 Å². The van der Waals surface area contributed by atoms with E-state index in [1.807, 2.05) is 18.1 Å². The number of carbonyl (C=O) groups is 1. The number of thioether (sulfide) groups is 1. The van der Waals surface area contributed by atoms with Crippen molar-refractivity contribution >= 4 is 17.7 Å². The van der Waals surface area contributed by atoms with Crippen LogP contribution < -0.4 is 0 Å². The van der Waals surface area contributed by atoms with Crippen LogP contribution in [0.1, 0.15) is 43.2 Å². The molecule has 0 unspecified atom stereocenters. The third-order valence-corrected chi connectivity index (χ3v) is 6.17. The highest BCUT2D eigenvalue weighted by Gasteiger charge is 2.22. The molecular formula is C20H27N3OS. The molecule has 1 heterocycles. The van der Waals surface area contributed by atoms with E-state index in [9.17, 15) is 4.79 Å². The molecule has 3 rings (SSSR count). The van der Waals surface area contributed by atoms with Crippen LogP contribution in [-0.2, 0) is 4.79 Å². The van der Waals surface area contributed by atoms with Crippen molar-refractivity contribution in [3.05, 3.63) is 41.7 Å². The Labute approximate surface area is 154 Å². The number of imidazole rings is 1. The van der Waals surface area contributed by atoms with Gasteiger partial charge < -0.3 is 4.90 Å². The van der Waals surface area contributed by atoms with Crippen molar-refractivity contribution in [3.8, 4) is 5.69 Å². The summed E-state index contributed by atoms with van der Waals surface area (Å²) in [5.74, 6) is 0.640. The summed E-state index contributed by atoms with van der Waals surface area (Å²) in [6, 6.07) is 6.81. The molecule has 134 valence electrons. The minimum Gasteiger partial charge on any atom is -0.342 e. The number of aromatic nitrogens is 2. The Morgan fingerprint density at radius 3 is 2.72 bits per heavy atom. The van der Waals surface area contributed by atoms with Gasteiger partial charge in [-0.05, 0) is 49.9 Å². The number of hydrogen-bond acceptors (Lipinski definition) is 3. The highest BCUT2D eigenvalue weighted by Crippen LogP contribution is 2.25. The quantitative estimate of drug-likeness (QED) is 0.746. The van der Waals surface area contributed by atoms with Crippen LogP contribution in [0.15, 0.2) is 35.7 Å². The molecule has 0 bridgehead atoms. The Hall–Kier alpha value is -1.75. The van der Waals surface area contributed by atoms with Gasteiger partial charge in [0.15, 0.2) is 5.16 Å². The second-order valence-corrected chi connectivity index (χ2v) is 7.88. The summed E-state index contributed by atoms with van der Waals surface area (Å²) in [7, 11) is 1.95. The summed E-state index contributed by atoms with van der Waals surface area (Å²) in [6.45, 7) is 4.23. The minimum atomic E-state index is 0.200. The van der Waals surface area contributed by atoms with Gasteiger partial charge in [0, 0.05) is 31.2 Å². The van der Waals surface area contributed by atoms with E-state index < -0.39 is 0 Å². The van der Waals surface area contributed by atoms with Gasteiger partial charge in [-0.3, -0.25) is 9.36 Å². The largest absolute Gasteiger partial charge is 0.342 e. The van der Waals surface area contributed by atoms with Crippen LogP contribution in [0.5, 0.6) is 0 Å². The van der Waals surface area contributed by atoms with E-state index >= 15 is 0 Å². The van der Waals surface area contributed by atoms with Gasteiger partial charge in [-0.25, -0.2) is 4.98 Å². The lowest BCUT2D eigenvalue weighted by Gasteiger charge is -2.31. The van der Waals surface area contributed by atoms with Crippen LogP contribution in [0, 0.1) is 13.8 Å². The van der Waals surface area contributed by atoms with E-state index in [0.29, 0.717) is 11.8 Å². The number of benzene rings is 1. The minimum absolute atomic E-state index is 0.200. The van der Waals surface area contributed by atoms with Crippen LogP contribution in [-0.4, -0.2) is 39.2 Å². The standard InChI is InChI=1S/C20H27N3OS/c1-15-9-10-18(13-16(15)2)23-12-11-21-20(23)25-14-19(24)22(3)17-7-5-4-6-8-17/h9-13,17H,4-8,14H2,1-3H3. The molecule has 0 atom stereocenters. The Morgan fingerprint density at radius 1 is 1.24 bits per heavy atom. The summed E-state index contributed by atoms with van der Waals surface area (Å²) in [4.78, 5) is 18.9. The van der Waals surface area contributed by atoms with Crippen LogP contribution in [0.4, 0.5) is 0 Å². The summed E-state index contributed by atoms with van der Waals surface area (Å²) in [6.07, 6.45) is 9.84. The van der Waals surface area contributed by atoms with Gasteiger partial charge >= 0.3 is 0 Å². The third kappa shape index (κ3) is 4.27. The maximum atomic E-state index is 12.6. The average Bonchev–Trinajstić information content (AvgIpc) is 3.10. The van der Waals surface area contributed by atoms with Gasteiger partial charge in [0.05, 0.1) is 5.75 Å². The van der Waals surface area contributed by atoms with E-state index in [2.05, 4.69) is 41.6 Å². The summed E-state index contributed by atoms with van der Waals surface area (Å²) >= 11 is 1.52. The fourth-order valence-corrected chi connectivity index (χ4v) is 4.27. The van der Waals surface area contributed by atoms with Crippen molar-refractivity contribution in [2.45, 2.75) is 57.1 Å². The van der Waals surface area contributed by atoms with Gasteiger partial charge in [-0.2, -0.15) is 0 Å². The smallest absolute Gasteiger partial charge is 0.233 e. The van der Waals surface area contributed by atoms with E-state index in [-0.39, 0.29) is 5.91 Å². The molecule has 0 spiro atoms. The van der Waals surface area contributed by atoms with Crippen molar-refractivity contribution in [2.75, 3.05) is 12.8 Å². The zero-order valence-corrected chi connectivity index (χ0v) is 16.2. The number of carbonyl (C=O) groups excluding carboxylic acids is 1. The van der Waals surface area contributed by atoms with E-state index in [4.69, 9.17) is 0 Å². The molecule has 1 amide bonds. The molecule has 1 aliphatic rings. The monoisotopic (exact) mass is 357 g/mol. The molecule has 0 N–H and O–H groups in total. The molecular weight excluding hydrogens is 330 g/mol. The van der Waals surface area contributed by atoms with Crippen LogP contribution >= 0.6 is 11.8 Å². The fraction of sp³-hybridized carbons (Fsp3) is 0.500. The molecule has 5 heteroatoms. The van der Waals surface area contributed by atoms with Crippen LogP contribution in [0.3, 0.4) is 0 Å². The Balaban J connectivity index is 1.65. The van der Waals surface area contributed by atoms with Crippen molar-refractivity contribution in [1.82, 2.24) is 14.5 Å². The van der Waals surface area contributed by atoms with Crippen molar-refractivity contribution in [3.63, 3.8) is 0 Å². The van der Waals surface area contributed by atoms with E-state index in [1.54, 1.807) is 6.20 Å². The second kappa shape index (κ2) is 8.09. The predicted molar refractivity (Wildman–Crippen MR) is 103 cm³/mol. The molecule has 1 aromatic heterocycles. The van der Waals surface area contributed by atoms with Gasteiger partial charge in [0.25, 0.3) is 0 Å². The maximum absolute atomic E-state index is 12.6. The molecule has 1 fully saturated rings. The molecule has 2 aromatic rings. The fourth-order valence-electron chi connectivity index (χ4n) is 3.37. The molecule has 4 nitrogen and oxygen atoms in total. The summed E-state index contributed by atoms with van der Waals surface area (Å²) in [5, 5.41) is 0.869. The highest BCUT2D eigenvalue weighted by atomic mass is 32.2. The first-order valence-corrected chi connectivity index (χ1v) is 10.0. The molecule has 1 aliphatic carbocycles. The SMILES string of the molecule is Cc1ccc(-n2ccnc2SCC(=O)N(C)C2CCCCC2)cc1C. The number of amides is 1. The molecule has 1 saturated carbocycles. The van der Waals surface area contributed by atoms with Crippen molar-refractivity contribution < 1.29 is 4.79 Å². The molecule has 0 saturated heterocycles. The molecule has 0 aliphatic heterocycles. The summed E-state index contributed by atoms with van der Waals surface area (Å²) < 4.78 is 2.06. The van der Waals surface area contributed by atoms with Gasteiger partial charge in [0.2, 0.25) is 5.91 Å².